The average molecular weight is 292 g/mol. The van der Waals surface area contributed by atoms with Gasteiger partial charge in [-0.1, -0.05) is 0 Å². The van der Waals surface area contributed by atoms with Crippen molar-refractivity contribution in [3.8, 4) is 5.75 Å². The first-order chi connectivity index (χ1) is 5.47. The standard InChI is InChI=1S/C9H13IOSi/c1-12(2,3)11-9-6-4-8(10)5-7-9/h4-7H,1-3H3. The zero-order valence-corrected chi connectivity index (χ0v) is 10.8. The second kappa shape index (κ2) is 3.78. The molecule has 0 saturated carbocycles. The Morgan fingerprint density at radius 3 is 2.00 bits per heavy atom. The van der Waals surface area contributed by atoms with Crippen LogP contribution in [-0.4, -0.2) is 8.32 Å². The van der Waals surface area contributed by atoms with Gasteiger partial charge in [0.1, 0.15) is 5.75 Å². The van der Waals surface area contributed by atoms with Gasteiger partial charge in [-0.2, -0.15) is 0 Å². The Bertz CT molecular complexity index is 250. The summed E-state index contributed by atoms with van der Waals surface area (Å²) in [6.07, 6.45) is 0. The molecule has 0 bridgehead atoms. The highest BCUT2D eigenvalue weighted by atomic mass is 127. The lowest BCUT2D eigenvalue weighted by atomic mass is 10.3. The Morgan fingerprint density at radius 1 is 1.08 bits per heavy atom. The van der Waals surface area contributed by atoms with Gasteiger partial charge in [0.15, 0.2) is 0 Å². The molecular formula is C9H13IOSi. The van der Waals surface area contributed by atoms with Crippen LogP contribution in [-0.2, 0) is 0 Å². The van der Waals surface area contributed by atoms with E-state index in [1.807, 2.05) is 12.1 Å². The topological polar surface area (TPSA) is 9.23 Å². The van der Waals surface area contributed by atoms with Crippen LogP contribution < -0.4 is 4.43 Å². The fraction of sp³-hybridized carbons (Fsp3) is 0.333. The number of benzene rings is 1. The summed E-state index contributed by atoms with van der Waals surface area (Å²) in [5, 5.41) is 0. The molecule has 66 valence electrons. The van der Waals surface area contributed by atoms with Crippen LogP contribution in [0.15, 0.2) is 24.3 Å². The van der Waals surface area contributed by atoms with Crippen LogP contribution in [0.2, 0.25) is 19.6 Å². The molecule has 0 aliphatic rings. The second-order valence-corrected chi connectivity index (χ2v) is 9.34. The summed E-state index contributed by atoms with van der Waals surface area (Å²) in [7, 11) is -1.42. The van der Waals surface area contributed by atoms with Crippen molar-refractivity contribution in [2.75, 3.05) is 0 Å². The van der Waals surface area contributed by atoms with Crippen molar-refractivity contribution in [3.63, 3.8) is 0 Å². The van der Waals surface area contributed by atoms with Gasteiger partial charge in [-0.25, -0.2) is 0 Å². The molecule has 0 atom stereocenters. The lowest BCUT2D eigenvalue weighted by Crippen LogP contribution is -2.29. The molecule has 0 heterocycles. The Kier molecular flexibility index (Phi) is 3.17. The molecule has 0 amide bonds. The monoisotopic (exact) mass is 292 g/mol. The lowest BCUT2D eigenvalue weighted by molar-refractivity contribution is 0.557. The third-order valence-electron chi connectivity index (χ3n) is 1.24. The molecule has 0 aliphatic heterocycles. The molecule has 0 unspecified atom stereocenters. The Labute approximate surface area is 88.4 Å². The molecule has 0 spiro atoms. The summed E-state index contributed by atoms with van der Waals surface area (Å²) in [6.45, 7) is 6.56. The molecular weight excluding hydrogens is 279 g/mol. The zero-order valence-electron chi connectivity index (χ0n) is 7.60. The van der Waals surface area contributed by atoms with E-state index in [1.54, 1.807) is 0 Å². The molecule has 0 aromatic heterocycles. The minimum Gasteiger partial charge on any atom is -0.544 e. The van der Waals surface area contributed by atoms with Crippen LogP contribution in [0, 0.1) is 3.57 Å². The molecule has 12 heavy (non-hydrogen) atoms. The molecule has 1 rings (SSSR count). The van der Waals surface area contributed by atoms with Gasteiger partial charge >= 0.3 is 0 Å². The molecule has 1 nitrogen and oxygen atoms in total. The molecule has 1 aromatic carbocycles. The van der Waals surface area contributed by atoms with Crippen LogP contribution in [0.3, 0.4) is 0 Å². The van der Waals surface area contributed by atoms with Crippen molar-refractivity contribution >= 4 is 30.9 Å². The van der Waals surface area contributed by atoms with Gasteiger partial charge in [0.2, 0.25) is 8.32 Å². The van der Waals surface area contributed by atoms with E-state index in [2.05, 4.69) is 54.4 Å². The van der Waals surface area contributed by atoms with Crippen LogP contribution in [0.25, 0.3) is 0 Å². The van der Waals surface area contributed by atoms with Gasteiger partial charge in [-0.15, -0.1) is 0 Å². The highest BCUT2D eigenvalue weighted by Crippen LogP contribution is 2.17. The first kappa shape index (κ1) is 10.1. The van der Waals surface area contributed by atoms with Crippen molar-refractivity contribution in [2.45, 2.75) is 19.6 Å². The molecule has 0 aliphatic carbocycles. The highest BCUT2D eigenvalue weighted by molar-refractivity contribution is 14.1. The predicted octanol–water partition coefficient (Wildman–Crippen LogP) is 3.50. The van der Waals surface area contributed by atoms with Crippen molar-refractivity contribution in [2.24, 2.45) is 0 Å². The molecule has 1 aromatic rings. The Balaban J connectivity index is 2.71. The molecule has 0 radical (unpaired) electrons. The predicted molar refractivity (Wildman–Crippen MR) is 63.1 cm³/mol. The quantitative estimate of drug-likeness (QED) is 0.599. The SMILES string of the molecule is C[Si](C)(C)Oc1ccc(I)cc1. The molecule has 0 saturated heterocycles. The Morgan fingerprint density at radius 2 is 1.58 bits per heavy atom. The second-order valence-electron chi connectivity index (χ2n) is 3.67. The Hall–Kier alpha value is -0.0331. The van der Waals surface area contributed by atoms with E-state index in [1.165, 1.54) is 3.57 Å². The smallest absolute Gasteiger partial charge is 0.242 e. The summed E-state index contributed by atoms with van der Waals surface area (Å²) in [6, 6.07) is 8.19. The maximum atomic E-state index is 5.79. The van der Waals surface area contributed by atoms with Gasteiger partial charge < -0.3 is 4.43 Å². The van der Waals surface area contributed by atoms with E-state index in [0.717, 1.165) is 5.75 Å². The zero-order chi connectivity index (χ0) is 9.19. The van der Waals surface area contributed by atoms with Crippen LogP contribution in [0.4, 0.5) is 0 Å². The van der Waals surface area contributed by atoms with Crippen molar-refractivity contribution in [1.82, 2.24) is 0 Å². The molecule has 3 heteroatoms. The fourth-order valence-electron chi connectivity index (χ4n) is 0.856. The highest BCUT2D eigenvalue weighted by Gasteiger charge is 2.15. The maximum Gasteiger partial charge on any atom is 0.242 e. The first-order valence-electron chi connectivity index (χ1n) is 3.92. The van der Waals surface area contributed by atoms with Gasteiger partial charge in [-0.05, 0) is 66.5 Å². The van der Waals surface area contributed by atoms with Crippen molar-refractivity contribution in [1.29, 1.82) is 0 Å². The summed E-state index contributed by atoms with van der Waals surface area (Å²) < 4.78 is 7.04. The lowest BCUT2D eigenvalue weighted by Gasteiger charge is -2.18. The summed E-state index contributed by atoms with van der Waals surface area (Å²) in [4.78, 5) is 0. The van der Waals surface area contributed by atoms with Crippen LogP contribution in [0.1, 0.15) is 0 Å². The van der Waals surface area contributed by atoms with E-state index >= 15 is 0 Å². The van der Waals surface area contributed by atoms with Crippen molar-refractivity contribution < 1.29 is 4.43 Å². The number of hydrogen-bond donors (Lipinski definition) is 0. The molecule has 0 fully saturated rings. The average Bonchev–Trinajstić information content (AvgIpc) is 1.91. The summed E-state index contributed by atoms with van der Waals surface area (Å²) >= 11 is 2.29. The number of halogens is 1. The van der Waals surface area contributed by atoms with E-state index in [9.17, 15) is 0 Å². The third kappa shape index (κ3) is 3.58. The van der Waals surface area contributed by atoms with Gasteiger partial charge in [0.25, 0.3) is 0 Å². The summed E-state index contributed by atoms with van der Waals surface area (Å²) in [5.74, 6) is 0.995. The van der Waals surface area contributed by atoms with Gasteiger partial charge in [0.05, 0.1) is 0 Å². The van der Waals surface area contributed by atoms with Crippen molar-refractivity contribution in [3.05, 3.63) is 27.8 Å². The van der Waals surface area contributed by atoms with Gasteiger partial charge in [0, 0.05) is 3.57 Å². The molecule has 0 N–H and O–H groups in total. The normalized spacial score (nSPS) is 11.3. The number of rotatable bonds is 2. The van der Waals surface area contributed by atoms with Crippen LogP contribution >= 0.6 is 22.6 Å². The largest absolute Gasteiger partial charge is 0.544 e. The van der Waals surface area contributed by atoms with E-state index in [-0.39, 0.29) is 0 Å². The van der Waals surface area contributed by atoms with Crippen LogP contribution in [0.5, 0.6) is 5.75 Å². The van der Waals surface area contributed by atoms with E-state index in [0.29, 0.717) is 0 Å². The number of hydrogen-bond acceptors (Lipinski definition) is 1. The third-order valence-corrected chi connectivity index (χ3v) is 2.80. The summed E-state index contributed by atoms with van der Waals surface area (Å²) in [5.41, 5.74) is 0. The minimum atomic E-state index is -1.42. The van der Waals surface area contributed by atoms with Gasteiger partial charge in [-0.3, -0.25) is 0 Å². The minimum absolute atomic E-state index is 0.995. The van der Waals surface area contributed by atoms with E-state index < -0.39 is 8.32 Å². The van der Waals surface area contributed by atoms with E-state index in [4.69, 9.17) is 4.43 Å². The maximum absolute atomic E-state index is 5.79. The fourth-order valence-corrected chi connectivity index (χ4v) is 2.06. The first-order valence-corrected chi connectivity index (χ1v) is 8.41.